The van der Waals surface area contributed by atoms with Crippen molar-refractivity contribution in [3.63, 3.8) is 0 Å². The highest BCUT2D eigenvalue weighted by Gasteiger charge is 2.17. The first-order chi connectivity index (χ1) is 13.4. The Labute approximate surface area is 163 Å². The molecule has 1 aromatic carbocycles. The highest BCUT2D eigenvalue weighted by molar-refractivity contribution is 7.89. The van der Waals surface area contributed by atoms with Crippen LogP contribution in [0.4, 0.5) is 0 Å². The Hall–Kier alpha value is -3.04. The van der Waals surface area contributed by atoms with Crippen LogP contribution in [0.3, 0.4) is 0 Å². The maximum Gasteiger partial charge on any atom is 0.251 e. The summed E-state index contributed by atoms with van der Waals surface area (Å²) in [7, 11) is -0.580. The summed E-state index contributed by atoms with van der Waals surface area (Å²) >= 11 is 0. The molecule has 0 spiro atoms. The molecule has 0 aliphatic rings. The van der Waals surface area contributed by atoms with E-state index in [4.69, 9.17) is 0 Å². The molecule has 0 aliphatic carbocycles. The fourth-order valence-corrected chi connectivity index (χ4v) is 3.44. The zero-order valence-electron chi connectivity index (χ0n) is 15.6. The number of hydrogen-bond donors (Lipinski definition) is 1. The van der Waals surface area contributed by atoms with Crippen LogP contribution in [-0.4, -0.2) is 54.0 Å². The normalized spacial score (nSPS) is 11.5. The van der Waals surface area contributed by atoms with Crippen molar-refractivity contribution in [2.75, 3.05) is 20.6 Å². The molecule has 0 aliphatic heterocycles. The molecule has 8 nitrogen and oxygen atoms in total. The average Bonchev–Trinajstić information content (AvgIpc) is 3.17. The van der Waals surface area contributed by atoms with E-state index < -0.39 is 10.0 Å². The molecule has 28 heavy (non-hydrogen) atoms. The van der Waals surface area contributed by atoms with Crippen molar-refractivity contribution in [3.05, 3.63) is 66.6 Å². The molecule has 2 aromatic heterocycles. The van der Waals surface area contributed by atoms with Gasteiger partial charge in [-0.1, -0.05) is 0 Å². The van der Waals surface area contributed by atoms with Crippen LogP contribution in [0, 0.1) is 0 Å². The zero-order chi connectivity index (χ0) is 20.1. The Morgan fingerprint density at radius 2 is 1.75 bits per heavy atom. The smallest absolute Gasteiger partial charge is 0.251 e. The highest BCUT2D eigenvalue weighted by Crippen LogP contribution is 2.15. The Morgan fingerprint density at radius 3 is 2.39 bits per heavy atom. The predicted molar refractivity (Wildman–Crippen MR) is 105 cm³/mol. The lowest BCUT2D eigenvalue weighted by atomic mass is 10.2. The lowest BCUT2D eigenvalue weighted by molar-refractivity contribution is 0.0952. The van der Waals surface area contributed by atoms with Gasteiger partial charge in [-0.25, -0.2) is 12.7 Å². The first kappa shape index (κ1) is 19.7. The molecule has 2 heterocycles. The second-order valence-corrected chi connectivity index (χ2v) is 8.42. The molecule has 0 radical (unpaired) electrons. The SMILES string of the molecule is CN(C)S(=O)(=O)c1ccc(C(=O)NCCn2ccc(-c3ccncc3)n2)cc1. The van der Waals surface area contributed by atoms with Crippen LogP contribution in [0.25, 0.3) is 11.3 Å². The Bertz CT molecular complexity index is 1040. The number of pyridine rings is 1. The van der Waals surface area contributed by atoms with Crippen LogP contribution in [0.15, 0.2) is 66.0 Å². The maximum atomic E-state index is 12.2. The van der Waals surface area contributed by atoms with E-state index in [0.29, 0.717) is 18.7 Å². The monoisotopic (exact) mass is 399 g/mol. The quantitative estimate of drug-likeness (QED) is 0.651. The van der Waals surface area contributed by atoms with Gasteiger partial charge in [0.15, 0.2) is 0 Å². The molecule has 9 heteroatoms. The minimum atomic E-state index is -3.51. The minimum absolute atomic E-state index is 0.147. The number of nitrogens with zero attached hydrogens (tertiary/aromatic N) is 4. The van der Waals surface area contributed by atoms with Gasteiger partial charge in [-0.05, 0) is 42.5 Å². The molecule has 0 atom stereocenters. The van der Waals surface area contributed by atoms with Crippen LogP contribution in [0.5, 0.6) is 0 Å². The van der Waals surface area contributed by atoms with Crippen molar-refractivity contribution in [1.29, 1.82) is 0 Å². The fraction of sp³-hybridized carbons (Fsp3) is 0.211. The summed E-state index contributed by atoms with van der Waals surface area (Å²) in [6.45, 7) is 0.915. The van der Waals surface area contributed by atoms with Gasteiger partial charge in [-0.15, -0.1) is 0 Å². The van der Waals surface area contributed by atoms with Crippen molar-refractivity contribution in [2.45, 2.75) is 11.4 Å². The molecular formula is C19H21N5O3S. The molecule has 0 saturated carbocycles. The van der Waals surface area contributed by atoms with E-state index >= 15 is 0 Å². The number of carbonyl (C=O) groups excluding carboxylic acids is 1. The fourth-order valence-electron chi connectivity index (χ4n) is 2.54. The van der Waals surface area contributed by atoms with E-state index in [0.717, 1.165) is 15.6 Å². The van der Waals surface area contributed by atoms with Crippen molar-refractivity contribution >= 4 is 15.9 Å². The molecule has 1 amide bonds. The number of benzene rings is 1. The van der Waals surface area contributed by atoms with Crippen molar-refractivity contribution in [2.24, 2.45) is 0 Å². The lowest BCUT2D eigenvalue weighted by Gasteiger charge is -2.11. The van der Waals surface area contributed by atoms with Crippen molar-refractivity contribution < 1.29 is 13.2 Å². The minimum Gasteiger partial charge on any atom is -0.350 e. The highest BCUT2D eigenvalue weighted by atomic mass is 32.2. The van der Waals surface area contributed by atoms with Crippen molar-refractivity contribution in [3.8, 4) is 11.3 Å². The summed E-state index contributed by atoms with van der Waals surface area (Å²) in [5, 5.41) is 7.28. The summed E-state index contributed by atoms with van der Waals surface area (Å²) in [5.41, 5.74) is 2.22. The van der Waals surface area contributed by atoms with Crippen LogP contribution in [0.1, 0.15) is 10.4 Å². The molecule has 3 rings (SSSR count). The second-order valence-electron chi connectivity index (χ2n) is 6.27. The average molecular weight is 399 g/mol. The topological polar surface area (TPSA) is 97.2 Å². The van der Waals surface area contributed by atoms with Gasteiger partial charge in [0.25, 0.3) is 5.91 Å². The van der Waals surface area contributed by atoms with E-state index in [2.05, 4.69) is 15.4 Å². The Morgan fingerprint density at radius 1 is 1.07 bits per heavy atom. The molecule has 146 valence electrons. The van der Waals surface area contributed by atoms with Crippen molar-refractivity contribution in [1.82, 2.24) is 24.4 Å². The van der Waals surface area contributed by atoms with Crippen LogP contribution < -0.4 is 5.32 Å². The number of amides is 1. The molecule has 0 saturated heterocycles. The number of sulfonamides is 1. The van der Waals surface area contributed by atoms with Gasteiger partial charge in [0.05, 0.1) is 17.1 Å². The summed E-state index contributed by atoms with van der Waals surface area (Å²) in [6.07, 6.45) is 5.27. The van der Waals surface area contributed by atoms with Gasteiger partial charge in [0.1, 0.15) is 0 Å². The lowest BCUT2D eigenvalue weighted by Crippen LogP contribution is -2.27. The third kappa shape index (κ3) is 4.44. The molecule has 3 aromatic rings. The van der Waals surface area contributed by atoms with E-state index in [1.165, 1.54) is 38.4 Å². The Balaban J connectivity index is 1.56. The Kier molecular flexibility index (Phi) is 5.86. The number of rotatable bonds is 7. The van der Waals surface area contributed by atoms with E-state index in [1.54, 1.807) is 17.1 Å². The van der Waals surface area contributed by atoms with E-state index in [9.17, 15) is 13.2 Å². The largest absolute Gasteiger partial charge is 0.350 e. The summed E-state index contributed by atoms with van der Waals surface area (Å²) in [4.78, 5) is 16.4. The summed E-state index contributed by atoms with van der Waals surface area (Å²) < 4.78 is 27.0. The first-order valence-corrected chi connectivity index (χ1v) is 10.1. The third-order valence-electron chi connectivity index (χ3n) is 4.14. The molecular weight excluding hydrogens is 378 g/mol. The van der Waals surface area contributed by atoms with Gasteiger partial charge >= 0.3 is 0 Å². The van der Waals surface area contributed by atoms with E-state index in [-0.39, 0.29) is 10.8 Å². The molecule has 1 N–H and O–H groups in total. The number of nitrogens with one attached hydrogen (secondary N) is 1. The number of hydrogen-bond acceptors (Lipinski definition) is 5. The van der Waals surface area contributed by atoms with Gasteiger partial charge in [-0.2, -0.15) is 5.10 Å². The third-order valence-corrected chi connectivity index (χ3v) is 5.97. The molecule has 0 fully saturated rings. The van der Waals surface area contributed by atoms with E-state index in [1.807, 2.05) is 24.4 Å². The van der Waals surface area contributed by atoms with Gasteiger partial charge in [-0.3, -0.25) is 14.5 Å². The van der Waals surface area contributed by atoms with Gasteiger partial charge in [0.2, 0.25) is 10.0 Å². The maximum absolute atomic E-state index is 12.2. The second kappa shape index (κ2) is 8.32. The van der Waals surface area contributed by atoms with Gasteiger partial charge in [0, 0.05) is 50.4 Å². The van der Waals surface area contributed by atoms with Crippen LogP contribution >= 0.6 is 0 Å². The standard InChI is InChI=1S/C19H21N5O3S/c1-23(2)28(26,27)17-5-3-16(4-6-17)19(25)21-12-14-24-13-9-18(22-24)15-7-10-20-11-8-15/h3-11,13H,12,14H2,1-2H3,(H,21,25). The van der Waals surface area contributed by atoms with Gasteiger partial charge < -0.3 is 5.32 Å². The number of carbonyl (C=O) groups is 1. The first-order valence-electron chi connectivity index (χ1n) is 8.62. The number of aromatic nitrogens is 3. The molecule has 0 bridgehead atoms. The predicted octanol–water partition coefficient (Wildman–Crippen LogP) is 1.63. The molecule has 0 unspecified atom stereocenters. The van der Waals surface area contributed by atoms with Crippen LogP contribution in [0.2, 0.25) is 0 Å². The summed E-state index contributed by atoms with van der Waals surface area (Å²) in [5.74, 6) is -0.268. The zero-order valence-corrected chi connectivity index (χ0v) is 16.4. The summed E-state index contributed by atoms with van der Waals surface area (Å²) in [6, 6.07) is 11.5. The van der Waals surface area contributed by atoms with Crippen LogP contribution in [-0.2, 0) is 16.6 Å².